The summed E-state index contributed by atoms with van der Waals surface area (Å²) in [7, 11) is 0. The van der Waals surface area contributed by atoms with E-state index >= 15 is 0 Å². The molecule has 0 saturated heterocycles. The Morgan fingerprint density at radius 3 is 2.75 bits per heavy atom. The molecule has 0 atom stereocenters. The van der Waals surface area contributed by atoms with Crippen LogP contribution in [0.25, 0.3) is 23.1 Å². The maximum absolute atomic E-state index is 5.12. The Morgan fingerprint density at radius 1 is 1.12 bits per heavy atom. The van der Waals surface area contributed by atoms with Crippen molar-refractivity contribution in [3.05, 3.63) is 42.8 Å². The topological polar surface area (TPSA) is 67.6 Å². The quantitative estimate of drug-likeness (QED) is 0.706. The molecule has 0 aliphatic carbocycles. The van der Waals surface area contributed by atoms with Crippen molar-refractivity contribution in [3.63, 3.8) is 0 Å². The standard InChI is InChI=1S/C11H8N4O/c1-2-4-8(5-3-1)9-13-10(15-14-9)11-12-6-7-16-11/h1-7H,(H,13,14,15). The molecule has 1 N–H and O–H groups in total. The second-order valence-electron chi connectivity index (χ2n) is 3.21. The number of oxazole rings is 1. The van der Waals surface area contributed by atoms with Crippen molar-refractivity contribution in [3.8, 4) is 23.1 Å². The summed E-state index contributed by atoms with van der Waals surface area (Å²) >= 11 is 0. The van der Waals surface area contributed by atoms with Gasteiger partial charge in [-0.2, -0.15) is 5.10 Å². The van der Waals surface area contributed by atoms with Crippen LogP contribution in [0.4, 0.5) is 0 Å². The first kappa shape index (κ1) is 8.84. The van der Waals surface area contributed by atoms with E-state index in [9.17, 15) is 0 Å². The average Bonchev–Trinajstić information content (AvgIpc) is 3.01. The molecule has 3 aromatic rings. The maximum atomic E-state index is 5.12. The van der Waals surface area contributed by atoms with Crippen LogP contribution in [0, 0.1) is 0 Å². The van der Waals surface area contributed by atoms with Gasteiger partial charge in [0.1, 0.15) is 6.26 Å². The molecule has 1 aromatic carbocycles. The second-order valence-corrected chi connectivity index (χ2v) is 3.21. The summed E-state index contributed by atoms with van der Waals surface area (Å²) in [5.41, 5.74) is 0.955. The van der Waals surface area contributed by atoms with Crippen LogP contribution >= 0.6 is 0 Å². The Balaban J connectivity index is 2.00. The van der Waals surface area contributed by atoms with Gasteiger partial charge in [-0.25, -0.2) is 9.97 Å². The van der Waals surface area contributed by atoms with Gasteiger partial charge in [0.15, 0.2) is 5.82 Å². The normalized spacial score (nSPS) is 10.5. The van der Waals surface area contributed by atoms with Gasteiger partial charge in [0, 0.05) is 5.56 Å². The predicted octanol–water partition coefficient (Wildman–Crippen LogP) is 2.13. The fourth-order valence-corrected chi connectivity index (χ4v) is 1.41. The van der Waals surface area contributed by atoms with E-state index in [0.29, 0.717) is 17.5 Å². The van der Waals surface area contributed by atoms with Gasteiger partial charge in [0.25, 0.3) is 5.89 Å². The number of aromatic amines is 1. The Morgan fingerprint density at radius 2 is 2.00 bits per heavy atom. The fourth-order valence-electron chi connectivity index (χ4n) is 1.41. The lowest BCUT2D eigenvalue weighted by molar-refractivity contribution is 0.569. The summed E-state index contributed by atoms with van der Waals surface area (Å²) < 4.78 is 5.12. The number of nitrogens with one attached hydrogen (secondary N) is 1. The highest BCUT2D eigenvalue weighted by Gasteiger charge is 2.09. The second kappa shape index (κ2) is 3.62. The first-order valence-corrected chi connectivity index (χ1v) is 4.81. The highest BCUT2D eigenvalue weighted by atomic mass is 16.3. The summed E-state index contributed by atoms with van der Waals surface area (Å²) in [5.74, 6) is 1.60. The number of nitrogens with zero attached hydrogens (tertiary/aromatic N) is 3. The molecule has 0 amide bonds. The summed E-state index contributed by atoms with van der Waals surface area (Å²) in [5, 5.41) is 6.90. The van der Waals surface area contributed by atoms with Crippen LogP contribution in [0.5, 0.6) is 0 Å². The number of benzene rings is 1. The van der Waals surface area contributed by atoms with Gasteiger partial charge < -0.3 is 4.42 Å². The minimum atomic E-state index is 0.440. The van der Waals surface area contributed by atoms with Crippen molar-refractivity contribution in [2.24, 2.45) is 0 Å². The molecule has 0 aliphatic rings. The summed E-state index contributed by atoms with van der Waals surface area (Å²) in [4.78, 5) is 8.29. The van der Waals surface area contributed by atoms with Gasteiger partial charge in [-0.15, -0.1) is 0 Å². The van der Waals surface area contributed by atoms with E-state index in [4.69, 9.17) is 4.42 Å². The Kier molecular flexibility index (Phi) is 2.00. The average molecular weight is 212 g/mol. The Hall–Kier alpha value is -2.43. The lowest BCUT2D eigenvalue weighted by Crippen LogP contribution is -1.80. The third-order valence-electron chi connectivity index (χ3n) is 2.15. The largest absolute Gasteiger partial charge is 0.442 e. The minimum Gasteiger partial charge on any atom is -0.442 e. The number of hydrogen-bond acceptors (Lipinski definition) is 4. The SMILES string of the molecule is c1ccc(-c2n[nH]c(-c3ncco3)n2)cc1. The molecular weight excluding hydrogens is 204 g/mol. The van der Waals surface area contributed by atoms with Crippen LogP contribution in [-0.2, 0) is 0 Å². The van der Waals surface area contributed by atoms with E-state index in [0.717, 1.165) is 5.56 Å². The molecule has 3 rings (SSSR count). The number of aromatic nitrogens is 4. The third-order valence-corrected chi connectivity index (χ3v) is 2.15. The summed E-state index contributed by atoms with van der Waals surface area (Å²) in [6, 6.07) is 9.73. The molecule has 78 valence electrons. The van der Waals surface area contributed by atoms with Gasteiger partial charge in [0.05, 0.1) is 6.20 Å². The molecular formula is C11H8N4O. The zero-order valence-electron chi connectivity index (χ0n) is 8.29. The fraction of sp³-hybridized carbons (Fsp3) is 0. The lowest BCUT2D eigenvalue weighted by atomic mass is 10.2. The van der Waals surface area contributed by atoms with Gasteiger partial charge in [-0.05, 0) is 0 Å². The summed E-state index contributed by atoms with van der Waals surface area (Å²) in [6.45, 7) is 0. The molecule has 0 radical (unpaired) electrons. The monoisotopic (exact) mass is 212 g/mol. The number of H-pyrrole nitrogens is 1. The van der Waals surface area contributed by atoms with Gasteiger partial charge in [-0.3, -0.25) is 5.10 Å². The van der Waals surface area contributed by atoms with Crippen molar-refractivity contribution < 1.29 is 4.42 Å². The predicted molar refractivity (Wildman–Crippen MR) is 57.3 cm³/mol. The van der Waals surface area contributed by atoms with E-state index in [1.165, 1.54) is 6.26 Å². The van der Waals surface area contributed by atoms with Crippen LogP contribution in [0.3, 0.4) is 0 Å². The van der Waals surface area contributed by atoms with Crippen LogP contribution in [0.1, 0.15) is 0 Å². The molecule has 2 heterocycles. The highest BCUT2D eigenvalue weighted by Crippen LogP contribution is 2.17. The molecule has 0 bridgehead atoms. The van der Waals surface area contributed by atoms with Gasteiger partial charge >= 0.3 is 0 Å². The summed E-state index contributed by atoms with van der Waals surface area (Å²) in [6.07, 6.45) is 3.07. The van der Waals surface area contributed by atoms with Gasteiger partial charge in [-0.1, -0.05) is 30.3 Å². The molecule has 0 saturated carbocycles. The lowest BCUT2D eigenvalue weighted by Gasteiger charge is -1.91. The number of rotatable bonds is 2. The molecule has 0 spiro atoms. The van der Waals surface area contributed by atoms with E-state index in [2.05, 4.69) is 20.2 Å². The zero-order valence-corrected chi connectivity index (χ0v) is 8.29. The smallest absolute Gasteiger partial charge is 0.264 e. The van der Waals surface area contributed by atoms with Crippen LogP contribution < -0.4 is 0 Å². The molecule has 0 unspecified atom stereocenters. The maximum Gasteiger partial charge on any atom is 0.264 e. The Labute approximate surface area is 91.2 Å². The third kappa shape index (κ3) is 1.48. The van der Waals surface area contributed by atoms with E-state index < -0.39 is 0 Å². The van der Waals surface area contributed by atoms with E-state index in [1.807, 2.05) is 30.3 Å². The van der Waals surface area contributed by atoms with E-state index in [1.54, 1.807) is 6.20 Å². The van der Waals surface area contributed by atoms with Crippen molar-refractivity contribution in [2.45, 2.75) is 0 Å². The first-order chi connectivity index (χ1) is 7.93. The first-order valence-electron chi connectivity index (χ1n) is 4.81. The minimum absolute atomic E-state index is 0.440. The van der Waals surface area contributed by atoms with Crippen LogP contribution in [0.2, 0.25) is 0 Å². The highest BCUT2D eigenvalue weighted by molar-refractivity contribution is 5.56. The Bertz CT molecular complexity index is 571. The molecule has 5 nitrogen and oxygen atoms in total. The molecule has 0 fully saturated rings. The van der Waals surface area contributed by atoms with Crippen molar-refractivity contribution in [1.82, 2.24) is 20.2 Å². The molecule has 0 aliphatic heterocycles. The van der Waals surface area contributed by atoms with Crippen molar-refractivity contribution in [2.75, 3.05) is 0 Å². The molecule has 5 heteroatoms. The van der Waals surface area contributed by atoms with Crippen molar-refractivity contribution in [1.29, 1.82) is 0 Å². The van der Waals surface area contributed by atoms with Crippen molar-refractivity contribution >= 4 is 0 Å². The van der Waals surface area contributed by atoms with Gasteiger partial charge in [0.2, 0.25) is 5.82 Å². The van der Waals surface area contributed by atoms with Crippen LogP contribution in [-0.4, -0.2) is 20.2 Å². The van der Waals surface area contributed by atoms with E-state index in [-0.39, 0.29) is 0 Å². The van der Waals surface area contributed by atoms with Crippen LogP contribution in [0.15, 0.2) is 47.2 Å². The zero-order chi connectivity index (χ0) is 10.8. The molecule has 16 heavy (non-hydrogen) atoms. The number of hydrogen-bond donors (Lipinski definition) is 1. The molecule has 2 aromatic heterocycles.